The molecule has 1 aliphatic rings. The summed E-state index contributed by atoms with van der Waals surface area (Å²) in [5.41, 5.74) is 5.58. The van der Waals surface area contributed by atoms with Gasteiger partial charge in [0.1, 0.15) is 0 Å². The average molecular weight is 212 g/mol. The molecule has 1 atom stereocenters. The summed E-state index contributed by atoms with van der Waals surface area (Å²) in [4.78, 5) is 11.7. The Balaban J connectivity index is 2.34. The molecule has 1 rings (SSSR count). The molecule has 0 spiro atoms. The minimum atomic E-state index is -0.706. The van der Waals surface area contributed by atoms with Gasteiger partial charge in [0.15, 0.2) is 0 Å². The highest BCUT2D eigenvalue weighted by molar-refractivity contribution is 5.85. The number of carbonyl (C=O) groups excluding carboxylic acids is 1. The highest BCUT2D eigenvalue weighted by atomic mass is 16.2. The second kappa shape index (κ2) is 4.52. The zero-order valence-corrected chi connectivity index (χ0v) is 10.2. The van der Waals surface area contributed by atoms with E-state index in [0.29, 0.717) is 11.8 Å². The maximum Gasteiger partial charge on any atom is 0.239 e. The molecular formula is C12H24N2O. The first-order valence-electron chi connectivity index (χ1n) is 6.03. The van der Waals surface area contributed by atoms with Crippen LogP contribution in [0.1, 0.15) is 52.9 Å². The molecular weight excluding hydrogens is 188 g/mol. The van der Waals surface area contributed by atoms with Gasteiger partial charge in [0.2, 0.25) is 5.91 Å². The molecule has 0 aliphatic heterocycles. The summed E-state index contributed by atoms with van der Waals surface area (Å²) < 4.78 is 0. The third-order valence-electron chi connectivity index (χ3n) is 3.61. The van der Waals surface area contributed by atoms with E-state index in [4.69, 9.17) is 5.73 Å². The van der Waals surface area contributed by atoms with Crippen LogP contribution in [0.15, 0.2) is 0 Å². The van der Waals surface area contributed by atoms with Crippen LogP contribution < -0.4 is 11.1 Å². The molecule has 3 heteroatoms. The van der Waals surface area contributed by atoms with Crippen molar-refractivity contribution in [1.82, 2.24) is 5.32 Å². The van der Waals surface area contributed by atoms with Crippen molar-refractivity contribution >= 4 is 5.91 Å². The van der Waals surface area contributed by atoms with E-state index in [9.17, 15) is 4.79 Å². The number of carbonyl (C=O) groups is 1. The van der Waals surface area contributed by atoms with Crippen molar-refractivity contribution in [3.8, 4) is 0 Å². The van der Waals surface area contributed by atoms with Gasteiger partial charge in [-0.25, -0.2) is 0 Å². The lowest BCUT2D eigenvalue weighted by Crippen LogP contribution is -2.52. The molecule has 0 saturated heterocycles. The molecule has 3 nitrogen and oxygen atoms in total. The smallest absolute Gasteiger partial charge is 0.239 e. The largest absolute Gasteiger partial charge is 0.354 e. The molecule has 1 aliphatic carbocycles. The van der Waals surface area contributed by atoms with Crippen LogP contribution in [0, 0.1) is 5.41 Å². The van der Waals surface area contributed by atoms with Crippen LogP contribution in [-0.2, 0) is 4.79 Å². The predicted octanol–water partition coefficient (Wildman–Crippen LogP) is 1.81. The molecule has 1 saturated carbocycles. The van der Waals surface area contributed by atoms with E-state index in [1.165, 1.54) is 25.7 Å². The first-order valence-corrected chi connectivity index (χ1v) is 6.03. The maximum absolute atomic E-state index is 11.7. The molecule has 3 N–H and O–H groups in total. The fraction of sp³-hybridized carbons (Fsp3) is 0.917. The molecule has 0 aromatic heterocycles. The molecule has 0 aromatic carbocycles. The Morgan fingerprint density at radius 1 is 1.47 bits per heavy atom. The summed E-state index contributed by atoms with van der Waals surface area (Å²) in [7, 11) is 0. The summed E-state index contributed by atoms with van der Waals surface area (Å²) in [6, 6.07) is 0. The first kappa shape index (κ1) is 12.5. The van der Waals surface area contributed by atoms with Crippen LogP contribution in [0.2, 0.25) is 0 Å². The molecule has 1 fully saturated rings. The van der Waals surface area contributed by atoms with Gasteiger partial charge in [-0.2, -0.15) is 0 Å². The molecule has 15 heavy (non-hydrogen) atoms. The molecule has 0 heterocycles. The zero-order chi connectivity index (χ0) is 11.5. The number of rotatable bonds is 6. The van der Waals surface area contributed by atoms with Crippen LogP contribution in [0.25, 0.3) is 0 Å². The third-order valence-corrected chi connectivity index (χ3v) is 3.61. The fourth-order valence-corrected chi connectivity index (χ4v) is 1.85. The van der Waals surface area contributed by atoms with Gasteiger partial charge < -0.3 is 11.1 Å². The molecule has 1 amide bonds. The first-order chi connectivity index (χ1) is 6.96. The Kier molecular flexibility index (Phi) is 3.77. The lowest BCUT2D eigenvalue weighted by atomic mass is 9.97. The van der Waals surface area contributed by atoms with Gasteiger partial charge in [0.25, 0.3) is 0 Å². The second-order valence-electron chi connectivity index (χ2n) is 5.20. The summed E-state index contributed by atoms with van der Waals surface area (Å²) in [6.07, 6.45) is 5.62. The van der Waals surface area contributed by atoms with E-state index >= 15 is 0 Å². The van der Waals surface area contributed by atoms with Gasteiger partial charge in [0.05, 0.1) is 5.54 Å². The summed E-state index contributed by atoms with van der Waals surface area (Å²) in [5.74, 6) is -0.00706. The van der Waals surface area contributed by atoms with Gasteiger partial charge in [-0.05, 0) is 38.0 Å². The Hall–Kier alpha value is -0.570. The van der Waals surface area contributed by atoms with Crippen LogP contribution in [0.5, 0.6) is 0 Å². The quantitative estimate of drug-likeness (QED) is 0.705. The van der Waals surface area contributed by atoms with Crippen molar-refractivity contribution in [2.75, 3.05) is 6.54 Å². The molecule has 1 unspecified atom stereocenters. The third kappa shape index (κ3) is 3.20. The minimum absolute atomic E-state index is 0.00706. The second-order valence-corrected chi connectivity index (χ2v) is 5.20. The fourth-order valence-electron chi connectivity index (χ4n) is 1.85. The molecule has 0 radical (unpaired) electrons. The van der Waals surface area contributed by atoms with E-state index < -0.39 is 5.54 Å². The minimum Gasteiger partial charge on any atom is -0.354 e. The van der Waals surface area contributed by atoms with E-state index in [0.717, 1.165) is 6.54 Å². The van der Waals surface area contributed by atoms with Crippen LogP contribution in [0.3, 0.4) is 0 Å². The van der Waals surface area contributed by atoms with E-state index in [1.54, 1.807) is 6.92 Å². The summed E-state index contributed by atoms with van der Waals surface area (Å²) in [5, 5.41) is 3.00. The van der Waals surface area contributed by atoms with Crippen molar-refractivity contribution in [3.63, 3.8) is 0 Å². The topological polar surface area (TPSA) is 55.1 Å². The van der Waals surface area contributed by atoms with Gasteiger partial charge >= 0.3 is 0 Å². The van der Waals surface area contributed by atoms with Gasteiger partial charge in [0, 0.05) is 6.54 Å². The Labute approximate surface area is 92.8 Å². The summed E-state index contributed by atoms with van der Waals surface area (Å²) in [6.45, 7) is 6.74. The summed E-state index contributed by atoms with van der Waals surface area (Å²) >= 11 is 0. The highest BCUT2D eigenvalue weighted by Gasteiger charge is 2.42. The Morgan fingerprint density at radius 3 is 2.47 bits per heavy atom. The van der Waals surface area contributed by atoms with Gasteiger partial charge in [-0.15, -0.1) is 0 Å². The number of hydrogen-bond donors (Lipinski definition) is 2. The van der Waals surface area contributed by atoms with Crippen molar-refractivity contribution in [3.05, 3.63) is 0 Å². The van der Waals surface area contributed by atoms with E-state index in [2.05, 4.69) is 12.2 Å². The van der Waals surface area contributed by atoms with E-state index in [1.807, 2.05) is 6.92 Å². The lowest BCUT2D eigenvalue weighted by molar-refractivity contribution is -0.126. The number of nitrogens with two attached hydrogens (primary N) is 1. The molecule has 0 bridgehead atoms. The maximum atomic E-state index is 11.7. The standard InChI is InChI=1S/C12H24N2O/c1-4-6-12(7-8-12)9-14-10(15)11(3,13)5-2/h4-9,13H2,1-3H3,(H,14,15). The van der Waals surface area contributed by atoms with Crippen molar-refractivity contribution < 1.29 is 4.79 Å². The van der Waals surface area contributed by atoms with Crippen molar-refractivity contribution in [2.24, 2.45) is 11.1 Å². The normalized spacial score (nSPS) is 21.9. The van der Waals surface area contributed by atoms with Crippen LogP contribution in [0.4, 0.5) is 0 Å². The molecule has 0 aromatic rings. The number of amides is 1. The zero-order valence-electron chi connectivity index (χ0n) is 10.2. The highest BCUT2D eigenvalue weighted by Crippen LogP contribution is 2.48. The number of hydrogen-bond acceptors (Lipinski definition) is 2. The van der Waals surface area contributed by atoms with Crippen molar-refractivity contribution in [2.45, 2.75) is 58.4 Å². The number of nitrogens with one attached hydrogen (secondary N) is 1. The van der Waals surface area contributed by atoms with Crippen molar-refractivity contribution in [1.29, 1.82) is 0 Å². The lowest BCUT2D eigenvalue weighted by Gasteiger charge is -2.23. The predicted molar refractivity (Wildman–Crippen MR) is 62.5 cm³/mol. The monoisotopic (exact) mass is 212 g/mol. The SMILES string of the molecule is CCCC1(CNC(=O)C(C)(N)CC)CC1. The van der Waals surface area contributed by atoms with Gasteiger partial charge in [-0.3, -0.25) is 4.79 Å². The van der Waals surface area contributed by atoms with Gasteiger partial charge in [-0.1, -0.05) is 20.3 Å². The average Bonchev–Trinajstić information content (AvgIpc) is 2.95. The Morgan fingerprint density at radius 2 is 2.07 bits per heavy atom. The Bertz CT molecular complexity index is 232. The molecule has 88 valence electrons. The van der Waals surface area contributed by atoms with E-state index in [-0.39, 0.29) is 5.91 Å². The van der Waals surface area contributed by atoms with Crippen LogP contribution in [-0.4, -0.2) is 18.0 Å². The van der Waals surface area contributed by atoms with Crippen LogP contribution >= 0.6 is 0 Å².